The lowest BCUT2D eigenvalue weighted by molar-refractivity contribution is -0.152. The number of carboxylic acids is 1. The van der Waals surface area contributed by atoms with Gasteiger partial charge in [0.05, 0.1) is 11.5 Å². The molecule has 0 aliphatic heterocycles. The van der Waals surface area contributed by atoms with Gasteiger partial charge in [0.25, 0.3) is 0 Å². The first-order chi connectivity index (χ1) is 8.95. The number of nitrogens with zero attached hydrogens (tertiary/aromatic N) is 2. The maximum absolute atomic E-state index is 11.9. The number of rotatable bonds is 7. The van der Waals surface area contributed by atoms with E-state index in [2.05, 4.69) is 20.5 Å². The van der Waals surface area contributed by atoms with Gasteiger partial charge in [-0.25, -0.2) is 4.98 Å². The summed E-state index contributed by atoms with van der Waals surface area (Å²) in [4.78, 5) is 27.2. The van der Waals surface area contributed by atoms with E-state index in [4.69, 9.17) is 0 Å². The molecule has 0 aromatic carbocycles. The fourth-order valence-corrected chi connectivity index (χ4v) is 1.97. The summed E-state index contributed by atoms with van der Waals surface area (Å²) in [6.45, 7) is 5.33. The van der Waals surface area contributed by atoms with Crippen molar-refractivity contribution in [3.05, 3.63) is 12.2 Å². The van der Waals surface area contributed by atoms with E-state index in [1.165, 1.54) is 6.33 Å². The summed E-state index contributed by atoms with van der Waals surface area (Å²) in [5.41, 5.74) is -0.995. The molecule has 0 fully saturated rings. The number of aromatic nitrogens is 3. The zero-order valence-corrected chi connectivity index (χ0v) is 11.4. The molecule has 3 N–H and O–H groups in total. The van der Waals surface area contributed by atoms with Crippen LogP contribution < -0.4 is 5.32 Å². The molecule has 0 bridgehead atoms. The Balaban J connectivity index is 2.66. The summed E-state index contributed by atoms with van der Waals surface area (Å²) in [5, 5.41) is 18.4. The lowest BCUT2D eigenvalue weighted by Gasteiger charge is -2.26. The second-order valence-corrected chi connectivity index (χ2v) is 4.63. The molecule has 1 rings (SSSR count). The Morgan fingerprint density at radius 2 is 2.11 bits per heavy atom. The third-order valence-corrected chi connectivity index (χ3v) is 3.53. The molecule has 0 aliphatic rings. The van der Waals surface area contributed by atoms with Gasteiger partial charge >= 0.3 is 5.97 Å². The maximum atomic E-state index is 11.9. The fraction of sp³-hybridized carbons (Fsp3) is 0.667. The van der Waals surface area contributed by atoms with Gasteiger partial charge in [-0.2, -0.15) is 5.10 Å². The van der Waals surface area contributed by atoms with Crippen molar-refractivity contribution in [1.29, 1.82) is 0 Å². The molecule has 0 aliphatic carbocycles. The first-order valence-electron chi connectivity index (χ1n) is 6.33. The van der Waals surface area contributed by atoms with Gasteiger partial charge < -0.3 is 10.4 Å². The van der Waals surface area contributed by atoms with Crippen LogP contribution in [0.2, 0.25) is 0 Å². The Kier molecular flexibility index (Phi) is 5.02. The molecule has 19 heavy (non-hydrogen) atoms. The van der Waals surface area contributed by atoms with Crippen LogP contribution in [0.1, 0.15) is 51.9 Å². The SMILES string of the molecule is CCC(CC)(CC(=O)NC(C)c1ncn[nH]1)C(=O)O. The van der Waals surface area contributed by atoms with Gasteiger partial charge in [0, 0.05) is 6.42 Å². The van der Waals surface area contributed by atoms with Crippen LogP contribution in [0.3, 0.4) is 0 Å². The number of nitrogens with one attached hydrogen (secondary N) is 2. The normalized spacial score (nSPS) is 13.0. The third kappa shape index (κ3) is 3.52. The third-order valence-electron chi connectivity index (χ3n) is 3.53. The first-order valence-corrected chi connectivity index (χ1v) is 6.33. The second kappa shape index (κ2) is 6.31. The molecule has 106 valence electrons. The van der Waals surface area contributed by atoms with Crippen LogP contribution in [0.25, 0.3) is 0 Å². The van der Waals surface area contributed by atoms with E-state index in [0.717, 1.165) is 0 Å². The Morgan fingerprint density at radius 1 is 1.47 bits per heavy atom. The van der Waals surface area contributed by atoms with Gasteiger partial charge in [0.1, 0.15) is 12.2 Å². The number of amides is 1. The number of carbonyl (C=O) groups excluding carboxylic acids is 1. The topological polar surface area (TPSA) is 108 Å². The van der Waals surface area contributed by atoms with E-state index in [1.54, 1.807) is 20.8 Å². The lowest BCUT2D eigenvalue weighted by Crippen LogP contribution is -2.37. The Labute approximate surface area is 111 Å². The van der Waals surface area contributed by atoms with E-state index in [1.807, 2.05) is 0 Å². The number of hydrogen-bond donors (Lipinski definition) is 3. The van der Waals surface area contributed by atoms with Gasteiger partial charge in [0.15, 0.2) is 0 Å². The van der Waals surface area contributed by atoms with E-state index in [0.29, 0.717) is 18.7 Å². The number of H-pyrrole nitrogens is 1. The van der Waals surface area contributed by atoms with Crippen molar-refractivity contribution < 1.29 is 14.7 Å². The van der Waals surface area contributed by atoms with Crippen LogP contribution in [-0.2, 0) is 9.59 Å². The van der Waals surface area contributed by atoms with E-state index in [9.17, 15) is 14.7 Å². The van der Waals surface area contributed by atoms with Crippen molar-refractivity contribution in [2.75, 3.05) is 0 Å². The van der Waals surface area contributed by atoms with Gasteiger partial charge in [0.2, 0.25) is 5.91 Å². The molecule has 1 heterocycles. The van der Waals surface area contributed by atoms with Gasteiger partial charge in [-0.1, -0.05) is 13.8 Å². The highest BCUT2D eigenvalue weighted by molar-refractivity contribution is 5.85. The predicted octanol–water partition coefficient (Wildman–Crippen LogP) is 1.26. The monoisotopic (exact) mass is 268 g/mol. The highest BCUT2D eigenvalue weighted by atomic mass is 16.4. The molecule has 1 atom stereocenters. The molecule has 0 saturated carbocycles. The van der Waals surface area contributed by atoms with E-state index in [-0.39, 0.29) is 18.4 Å². The molecular weight excluding hydrogens is 248 g/mol. The summed E-state index contributed by atoms with van der Waals surface area (Å²) in [5.74, 6) is -0.683. The highest BCUT2D eigenvalue weighted by Crippen LogP contribution is 2.31. The summed E-state index contributed by atoms with van der Waals surface area (Å²) >= 11 is 0. The Morgan fingerprint density at radius 3 is 2.53 bits per heavy atom. The molecule has 0 radical (unpaired) electrons. The molecule has 0 saturated heterocycles. The summed E-state index contributed by atoms with van der Waals surface area (Å²) in [6, 6.07) is -0.324. The minimum Gasteiger partial charge on any atom is -0.481 e. The number of carboxylic acid groups (broad SMARTS) is 1. The molecule has 1 unspecified atom stereocenters. The lowest BCUT2D eigenvalue weighted by atomic mass is 9.79. The summed E-state index contributed by atoms with van der Waals surface area (Å²) < 4.78 is 0. The van der Waals surface area contributed by atoms with Crippen LogP contribution in [-0.4, -0.2) is 32.2 Å². The minimum atomic E-state index is -0.995. The smallest absolute Gasteiger partial charge is 0.310 e. The van der Waals surface area contributed by atoms with Crippen molar-refractivity contribution in [2.24, 2.45) is 5.41 Å². The highest BCUT2D eigenvalue weighted by Gasteiger charge is 2.37. The van der Waals surface area contributed by atoms with Gasteiger partial charge in [-0.15, -0.1) is 0 Å². The first kappa shape index (κ1) is 15.1. The summed E-state index contributed by atoms with van der Waals surface area (Å²) in [6.07, 6.45) is 2.16. The quantitative estimate of drug-likeness (QED) is 0.690. The number of carbonyl (C=O) groups is 2. The van der Waals surface area contributed by atoms with Crippen molar-refractivity contribution in [3.8, 4) is 0 Å². The van der Waals surface area contributed by atoms with E-state index >= 15 is 0 Å². The Bertz CT molecular complexity index is 426. The molecule has 7 nitrogen and oxygen atoms in total. The van der Waals surface area contributed by atoms with Crippen molar-refractivity contribution in [3.63, 3.8) is 0 Å². The minimum absolute atomic E-state index is 0.0339. The molecule has 1 aromatic heterocycles. The Hall–Kier alpha value is -1.92. The number of hydrogen-bond acceptors (Lipinski definition) is 4. The van der Waals surface area contributed by atoms with Crippen LogP contribution in [0.4, 0.5) is 0 Å². The fourth-order valence-electron chi connectivity index (χ4n) is 1.97. The van der Waals surface area contributed by atoms with Crippen LogP contribution >= 0.6 is 0 Å². The zero-order chi connectivity index (χ0) is 14.5. The van der Waals surface area contributed by atoms with Crippen molar-refractivity contribution in [1.82, 2.24) is 20.5 Å². The zero-order valence-electron chi connectivity index (χ0n) is 11.4. The molecule has 0 spiro atoms. The number of aromatic amines is 1. The standard InChI is InChI=1S/C12H20N4O3/c1-4-12(5-2,11(18)19)6-9(17)15-8(3)10-13-7-14-16-10/h7-8H,4-6H2,1-3H3,(H,15,17)(H,18,19)(H,13,14,16). The average molecular weight is 268 g/mol. The van der Waals surface area contributed by atoms with Crippen molar-refractivity contribution >= 4 is 11.9 Å². The molecular formula is C12H20N4O3. The maximum Gasteiger partial charge on any atom is 0.310 e. The molecule has 1 aromatic rings. The summed E-state index contributed by atoms with van der Waals surface area (Å²) in [7, 11) is 0. The number of aliphatic carboxylic acids is 1. The second-order valence-electron chi connectivity index (χ2n) is 4.63. The van der Waals surface area contributed by atoms with Crippen LogP contribution in [0.15, 0.2) is 6.33 Å². The van der Waals surface area contributed by atoms with Crippen molar-refractivity contribution in [2.45, 2.75) is 46.1 Å². The molecule has 7 heteroatoms. The van der Waals surface area contributed by atoms with Gasteiger partial charge in [-0.3, -0.25) is 14.7 Å². The van der Waals surface area contributed by atoms with Crippen LogP contribution in [0, 0.1) is 5.41 Å². The van der Waals surface area contributed by atoms with Crippen LogP contribution in [0.5, 0.6) is 0 Å². The molecule has 1 amide bonds. The van der Waals surface area contributed by atoms with Gasteiger partial charge in [-0.05, 0) is 19.8 Å². The predicted molar refractivity (Wildman–Crippen MR) is 68.2 cm³/mol. The largest absolute Gasteiger partial charge is 0.481 e. The average Bonchev–Trinajstić information content (AvgIpc) is 2.89. The van der Waals surface area contributed by atoms with E-state index < -0.39 is 11.4 Å².